The minimum Gasteiger partial charge on any atom is -0.312 e. The number of hydrogen-bond acceptors (Lipinski definition) is 2. The first-order valence-electron chi connectivity index (χ1n) is 4.02. The van der Waals surface area contributed by atoms with Crippen LogP contribution in [0.15, 0.2) is 35.1 Å². The lowest BCUT2D eigenvalue weighted by Gasteiger charge is -1.97. The van der Waals surface area contributed by atoms with E-state index in [2.05, 4.69) is 4.98 Å². The number of benzene rings is 1. The summed E-state index contributed by atoms with van der Waals surface area (Å²) in [4.78, 5) is 14.9. The van der Waals surface area contributed by atoms with E-state index in [4.69, 9.17) is 0 Å². The fraction of sp³-hybridized carbons (Fsp3) is 0.100. The molecule has 0 aliphatic heterocycles. The highest BCUT2D eigenvalue weighted by atomic mass is 32.1. The number of rotatable bonds is 1. The summed E-state index contributed by atoms with van der Waals surface area (Å²) in [5, 5.41) is 0. The van der Waals surface area contributed by atoms with Crippen molar-refractivity contribution in [2.45, 2.75) is 6.92 Å². The topological polar surface area (TPSA) is 32.9 Å². The van der Waals surface area contributed by atoms with Crippen LogP contribution in [-0.2, 0) is 0 Å². The highest BCUT2D eigenvalue weighted by Crippen LogP contribution is 2.21. The van der Waals surface area contributed by atoms with Gasteiger partial charge in [-0.05, 0) is 12.5 Å². The van der Waals surface area contributed by atoms with Crippen LogP contribution < -0.4 is 4.87 Å². The van der Waals surface area contributed by atoms with E-state index in [1.807, 2.05) is 37.3 Å². The SMILES string of the molecule is Cc1sc(=O)[nH]c1-c1ccccc1. The quantitative estimate of drug-likeness (QED) is 0.737. The minimum absolute atomic E-state index is 0.0105. The normalized spacial score (nSPS) is 10.2. The molecule has 0 saturated heterocycles. The van der Waals surface area contributed by atoms with Gasteiger partial charge in [-0.25, -0.2) is 0 Å². The van der Waals surface area contributed by atoms with Gasteiger partial charge in [-0.1, -0.05) is 41.7 Å². The molecule has 0 amide bonds. The van der Waals surface area contributed by atoms with E-state index < -0.39 is 0 Å². The van der Waals surface area contributed by atoms with Crippen molar-refractivity contribution in [2.75, 3.05) is 0 Å². The van der Waals surface area contributed by atoms with Crippen LogP contribution in [0, 0.1) is 6.92 Å². The van der Waals surface area contributed by atoms with Crippen molar-refractivity contribution in [3.05, 3.63) is 44.9 Å². The second-order valence-electron chi connectivity index (χ2n) is 2.81. The number of hydrogen-bond donors (Lipinski definition) is 1. The molecule has 0 atom stereocenters. The Morgan fingerprint density at radius 2 is 1.92 bits per heavy atom. The third kappa shape index (κ3) is 1.55. The number of aromatic amines is 1. The van der Waals surface area contributed by atoms with Crippen LogP contribution in [0.3, 0.4) is 0 Å². The molecule has 0 radical (unpaired) electrons. The maximum Gasteiger partial charge on any atom is 0.305 e. The molecule has 0 aliphatic carbocycles. The minimum atomic E-state index is 0.0105. The summed E-state index contributed by atoms with van der Waals surface area (Å²) in [7, 11) is 0. The van der Waals surface area contributed by atoms with Crippen LogP contribution in [0.25, 0.3) is 11.3 Å². The second-order valence-corrected chi connectivity index (χ2v) is 4.00. The molecule has 0 unspecified atom stereocenters. The molecule has 1 aromatic carbocycles. The Labute approximate surface area is 79.9 Å². The third-order valence-corrected chi connectivity index (χ3v) is 2.69. The summed E-state index contributed by atoms with van der Waals surface area (Å²) in [6.45, 7) is 1.95. The van der Waals surface area contributed by atoms with E-state index in [1.54, 1.807) is 0 Å². The largest absolute Gasteiger partial charge is 0.312 e. The molecule has 1 N–H and O–H groups in total. The van der Waals surface area contributed by atoms with Gasteiger partial charge in [0.05, 0.1) is 5.69 Å². The van der Waals surface area contributed by atoms with Gasteiger partial charge in [-0.2, -0.15) is 0 Å². The van der Waals surface area contributed by atoms with Crippen molar-refractivity contribution in [1.82, 2.24) is 4.98 Å². The number of thiazole rings is 1. The molecule has 0 aliphatic rings. The first-order chi connectivity index (χ1) is 6.27. The van der Waals surface area contributed by atoms with Gasteiger partial charge >= 0.3 is 4.87 Å². The molecule has 2 aromatic rings. The first kappa shape index (κ1) is 8.26. The predicted octanol–water partition coefficient (Wildman–Crippen LogP) is 2.41. The fourth-order valence-electron chi connectivity index (χ4n) is 1.29. The summed E-state index contributed by atoms with van der Waals surface area (Å²) in [5.41, 5.74) is 2.01. The van der Waals surface area contributed by atoms with Crippen molar-refractivity contribution in [1.29, 1.82) is 0 Å². The Bertz CT molecular complexity index is 455. The number of aromatic nitrogens is 1. The Kier molecular flexibility index (Phi) is 2.02. The third-order valence-electron chi connectivity index (χ3n) is 1.89. The number of aryl methyl sites for hydroxylation is 1. The maximum atomic E-state index is 11.0. The van der Waals surface area contributed by atoms with E-state index >= 15 is 0 Å². The van der Waals surface area contributed by atoms with Crippen LogP contribution in [0.1, 0.15) is 4.88 Å². The Morgan fingerprint density at radius 3 is 2.46 bits per heavy atom. The van der Waals surface area contributed by atoms with Crippen LogP contribution in [-0.4, -0.2) is 4.98 Å². The second kappa shape index (κ2) is 3.18. The summed E-state index contributed by atoms with van der Waals surface area (Å²) in [5.74, 6) is 0. The smallest absolute Gasteiger partial charge is 0.305 e. The maximum absolute atomic E-state index is 11.0. The molecule has 1 aromatic heterocycles. The molecule has 0 saturated carbocycles. The van der Waals surface area contributed by atoms with E-state index in [1.165, 1.54) is 11.3 Å². The monoisotopic (exact) mass is 191 g/mol. The fourth-order valence-corrected chi connectivity index (χ4v) is 1.99. The summed E-state index contributed by atoms with van der Waals surface area (Å²) in [6, 6.07) is 9.87. The zero-order valence-corrected chi connectivity index (χ0v) is 8.02. The molecule has 0 fully saturated rings. The van der Waals surface area contributed by atoms with Gasteiger partial charge in [-0.15, -0.1) is 0 Å². The van der Waals surface area contributed by atoms with Crippen LogP contribution in [0.2, 0.25) is 0 Å². The van der Waals surface area contributed by atoms with Crippen molar-refractivity contribution >= 4 is 11.3 Å². The highest BCUT2D eigenvalue weighted by molar-refractivity contribution is 7.09. The van der Waals surface area contributed by atoms with Crippen molar-refractivity contribution < 1.29 is 0 Å². The molecule has 13 heavy (non-hydrogen) atoms. The van der Waals surface area contributed by atoms with E-state index in [-0.39, 0.29) is 4.87 Å². The van der Waals surface area contributed by atoms with E-state index in [9.17, 15) is 4.79 Å². The number of nitrogens with one attached hydrogen (secondary N) is 1. The molecule has 2 rings (SSSR count). The van der Waals surface area contributed by atoms with Gasteiger partial charge in [0, 0.05) is 4.88 Å². The summed E-state index contributed by atoms with van der Waals surface area (Å²) >= 11 is 1.25. The van der Waals surface area contributed by atoms with Crippen LogP contribution in [0.5, 0.6) is 0 Å². The average molecular weight is 191 g/mol. The van der Waals surface area contributed by atoms with Crippen molar-refractivity contribution in [3.63, 3.8) is 0 Å². The standard InChI is InChI=1S/C10H9NOS/c1-7-9(11-10(12)13-7)8-5-3-2-4-6-8/h2-6H,1H3,(H,11,12). The lowest BCUT2D eigenvalue weighted by molar-refractivity contribution is 1.32. The first-order valence-corrected chi connectivity index (χ1v) is 4.84. The molecule has 2 nitrogen and oxygen atoms in total. The molecule has 3 heteroatoms. The van der Waals surface area contributed by atoms with Gasteiger partial charge < -0.3 is 4.98 Å². The van der Waals surface area contributed by atoms with Crippen molar-refractivity contribution in [3.8, 4) is 11.3 Å². The van der Waals surface area contributed by atoms with E-state index in [0.717, 1.165) is 16.1 Å². The van der Waals surface area contributed by atoms with Crippen molar-refractivity contribution in [2.24, 2.45) is 0 Å². The summed E-state index contributed by atoms with van der Waals surface area (Å²) < 4.78 is 0. The van der Waals surface area contributed by atoms with Crippen LogP contribution >= 0.6 is 11.3 Å². The lowest BCUT2D eigenvalue weighted by atomic mass is 10.1. The molecular weight excluding hydrogens is 182 g/mol. The van der Waals surface area contributed by atoms with Gasteiger partial charge in [0.1, 0.15) is 0 Å². The molecule has 0 spiro atoms. The summed E-state index contributed by atoms with van der Waals surface area (Å²) in [6.07, 6.45) is 0. The zero-order chi connectivity index (χ0) is 9.26. The Balaban J connectivity index is 2.59. The lowest BCUT2D eigenvalue weighted by Crippen LogP contribution is -1.91. The molecule has 1 heterocycles. The van der Waals surface area contributed by atoms with Gasteiger partial charge in [0.2, 0.25) is 0 Å². The number of H-pyrrole nitrogens is 1. The van der Waals surface area contributed by atoms with E-state index in [0.29, 0.717) is 0 Å². The predicted molar refractivity (Wildman–Crippen MR) is 55.1 cm³/mol. The zero-order valence-electron chi connectivity index (χ0n) is 7.20. The van der Waals surface area contributed by atoms with Gasteiger partial charge in [0.25, 0.3) is 0 Å². The molecule has 0 bridgehead atoms. The Hall–Kier alpha value is -1.35. The molecular formula is C10H9NOS. The van der Waals surface area contributed by atoms with Gasteiger partial charge in [0.15, 0.2) is 0 Å². The van der Waals surface area contributed by atoms with Crippen LogP contribution in [0.4, 0.5) is 0 Å². The average Bonchev–Trinajstić information content (AvgIpc) is 2.47. The highest BCUT2D eigenvalue weighted by Gasteiger charge is 2.04. The Morgan fingerprint density at radius 1 is 1.23 bits per heavy atom. The van der Waals surface area contributed by atoms with Gasteiger partial charge in [-0.3, -0.25) is 4.79 Å². The molecule has 66 valence electrons.